The molecule has 2 amide bonds. The van der Waals surface area contributed by atoms with Crippen molar-refractivity contribution in [3.63, 3.8) is 0 Å². The Kier molecular flexibility index (Phi) is 5.97. The molecule has 28 heavy (non-hydrogen) atoms. The Labute approximate surface area is 168 Å². The fourth-order valence-corrected chi connectivity index (χ4v) is 3.21. The summed E-state index contributed by atoms with van der Waals surface area (Å²) in [6.45, 7) is 0. The van der Waals surface area contributed by atoms with E-state index in [2.05, 4.69) is 15.6 Å². The van der Waals surface area contributed by atoms with Crippen LogP contribution in [-0.4, -0.2) is 21.7 Å². The van der Waals surface area contributed by atoms with Crippen LogP contribution in [0.15, 0.2) is 53.9 Å². The summed E-state index contributed by atoms with van der Waals surface area (Å²) in [6, 6.07) is 13.0. The van der Waals surface area contributed by atoms with Gasteiger partial charge in [-0.15, -0.1) is 11.3 Å². The number of nitro benzene ring substituents is 1. The summed E-state index contributed by atoms with van der Waals surface area (Å²) in [5.41, 5.74) is 0.997. The van der Waals surface area contributed by atoms with Crippen molar-refractivity contribution in [3.8, 4) is 0 Å². The number of hydrogen-bond acceptors (Lipinski definition) is 6. The molecule has 2 aromatic carbocycles. The molecule has 0 aliphatic heterocycles. The first-order chi connectivity index (χ1) is 13.4. The van der Waals surface area contributed by atoms with E-state index in [1.165, 1.54) is 17.5 Å². The average Bonchev–Trinajstić information content (AvgIpc) is 3.12. The predicted octanol–water partition coefficient (Wildman–Crippen LogP) is 4.14. The summed E-state index contributed by atoms with van der Waals surface area (Å²) < 4.78 is 0. The van der Waals surface area contributed by atoms with Gasteiger partial charge in [0.05, 0.1) is 22.1 Å². The summed E-state index contributed by atoms with van der Waals surface area (Å²) in [5, 5.41) is 17.7. The van der Waals surface area contributed by atoms with Gasteiger partial charge < -0.3 is 10.6 Å². The standard InChI is InChI=1S/C18H13ClN4O4S/c19-13-9-12(23(26)27)6-7-14(13)20-17(25)15-10-28-18(21-15)22-16(24)8-11-4-2-1-3-5-11/h1-7,9-10H,8H2,(H,20,25)(H,21,22,24). The average molecular weight is 417 g/mol. The number of aromatic nitrogens is 1. The minimum atomic E-state index is -0.581. The number of nitrogens with one attached hydrogen (secondary N) is 2. The number of amides is 2. The number of carbonyl (C=O) groups excluding carboxylic acids is 2. The van der Waals surface area contributed by atoms with E-state index in [9.17, 15) is 19.7 Å². The second-order valence-electron chi connectivity index (χ2n) is 5.62. The summed E-state index contributed by atoms with van der Waals surface area (Å²) in [6.07, 6.45) is 0.195. The molecule has 0 spiro atoms. The zero-order chi connectivity index (χ0) is 20.1. The van der Waals surface area contributed by atoms with Gasteiger partial charge in [-0.25, -0.2) is 4.98 Å². The number of non-ortho nitro benzene ring substituents is 1. The number of carbonyl (C=O) groups is 2. The van der Waals surface area contributed by atoms with Crippen LogP contribution in [0, 0.1) is 10.1 Å². The molecule has 0 saturated carbocycles. The molecule has 10 heteroatoms. The maximum absolute atomic E-state index is 12.3. The monoisotopic (exact) mass is 416 g/mol. The quantitative estimate of drug-likeness (QED) is 0.463. The summed E-state index contributed by atoms with van der Waals surface area (Å²) in [5.74, 6) is -0.790. The van der Waals surface area contributed by atoms with Crippen molar-refractivity contribution < 1.29 is 14.5 Å². The number of rotatable bonds is 6. The van der Waals surface area contributed by atoms with Crippen LogP contribution in [0.5, 0.6) is 0 Å². The largest absolute Gasteiger partial charge is 0.319 e. The molecule has 3 rings (SSSR count). The minimum absolute atomic E-state index is 0.0363. The van der Waals surface area contributed by atoms with Crippen molar-refractivity contribution in [2.45, 2.75) is 6.42 Å². The van der Waals surface area contributed by atoms with Crippen LogP contribution in [0.3, 0.4) is 0 Å². The Morgan fingerprint density at radius 3 is 2.57 bits per heavy atom. The lowest BCUT2D eigenvalue weighted by Crippen LogP contribution is -2.15. The van der Waals surface area contributed by atoms with E-state index in [-0.39, 0.29) is 34.4 Å². The van der Waals surface area contributed by atoms with Crippen LogP contribution in [0.4, 0.5) is 16.5 Å². The Balaban J connectivity index is 1.62. The first-order valence-electron chi connectivity index (χ1n) is 7.97. The third-order valence-electron chi connectivity index (χ3n) is 3.60. The third kappa shape index (κ3) is 4.90. The summed E-state index contributed by atoms with van der Waals surface area (Å²) in [4.78, 5) is 38.6. The van der Waals surface area contributed by atoms with Gasteiger partial charge in [-0.1, -0.05) is 41.9 Å². The predicted molar refractivity (Wildman–Crippen MR) is 107 cm³/mol. The first-order valence-corrected chi connectivity index (χ1v) is 9.23. The number of halogens is 1. The van der Waals surface area contributed by atoms with E-state index in [0.29, 0.717) is 5.13 Å². The van der Waals surface area contributed by atoms with Gasteiger partial charge in [-0.3, -0.25) is 19.7 Å². The van der Waals surface area contributed by atoms with Crippen molar-refractivity contribution in [2.75, 3.05) is 10.6 Å². The fraction of sp³-hybridized carbons (Fsp3) is 0.0556. The number of thiazole rings is 1. The van der Waals surface area contributed by atoms with Crippen LogP contribution in [-0.2, 0) is 11.2 Å². The van der Waals surface area contributed by atoms with Gasteiger partial charge in [0.2, 0.25) is 5.91 Å². The molecular weight excluding hydrogens is 404 g/mol. The van der Waals surface area contributed by atoms with Gasteiger partial charge in [0, 0.05) is 17.5 Å². The second-order valence-corrected chi connectivity index (χ2v) is 6.89. The van der Waals surface area contributed by atoms with Crippen molar-refractivity contribution >= 4 is 51.3 Å². The zero-order valence-corrected chi connectivity index (χ0v) is 15.8. The molecule has 0 unspecified atom stereocenters. The maximum atomic E-state index is 12.3. The molecule has 0 atom stereocenters. The highest BCUT2D eigenvalue weighted by atomic mass is 35.5. The Morgan fingerprint density at radius 1 is 1.14 bits per heavy atom. The smallest absolute Gasteiger partial charge is 0.275 e. The molecule has 1 aromatic heterocycles. The van der Waals surface area contributed by atoms with Gasteiger partial charge in [-0.05, 0) is 11.6 Å². The molecule has 142 valence electrons. The molecule has 0 saturated heterocycles. The zero-order valence-electron chi connectivity index (χ0n) is 14.2. The van der Waals surface area contributed by atoms with E-state index < -0.39 is 10.8 Å². The highest BCUT2D eigenvalue weighted by Gasteiger charge is 2.16. The fourth-order valence-electron chi connectivity index (χ4n) is 2.29. The van der Waals surface area contributed by atoms with Crippen molar-refractivity contribution in [3.05, 3.63) is 80.3 Å². The van der Waals surface area contributed by atoms with Gasteiger partial charge in [0.25, 0.3) is 11.6 Å². The van der Waals surface area contributed by atoms with Crippen molar-refractivity contribution in [2.24, 2.45) is 0 Å². The summed E-state index contributed by atoms with van der Waals surface area (Å²) >= 11 is 7.07. The van der Waals surface area contributed by atoms with Gasteiger partial charge in [-0.2, -0.15) is 0 Å². The van der Waals surface area contributed by atoms with E-state index >= 15 is 0 Å². The number of nitrogens with zero attached hydrogens (tertiary/aromatic N) is 2. The molecule has 0 radical (unpaired) electrons. The lowest BCUT2D eigenvalue weighted by Gasteiger charge is -2.05. The molecule has 0 aliphatic carbocycles. The van der Waals surface area contributed by atoms with Gasteiger partial charge in [0.1, 0.15) is 5.69 Å². The number of benzene rings is 2. The third-order valence-corrected chi connectivity index (χ3v) is 4.67. The van der Waals surface area contributed by atoms with Gasteiger partial charge >= 0.3 is 0 Å². The van der Waals surface area contributed by atoms with Crippen LogP contribution < -0.4 is 10.6 Å². The lowest BCUT2D eigenvalue weighted by molar-refractivity contribution is -0.384. The van der Waals surface area contributed by atoms with Crippen LogP contribution in [0.1, 0.15) is 16.1 Å². The Hall–Kier alpha value is -3.30. The van der Waals surface area contributed by atoms with Gasteiger partial charge in [0.15, 0.2) is 5.13 Å². The molecular formula is C18H13ClN4O4S. The maximum Gasteiger partial charge on any atom is 0.275 e. The molecule has 0 bridgehead atoms. The SMILES string of the molecule is O=C(Cc1ccccc1)Nc1nc(C(=O)Nc2ccc([N+](=O)[O-])cc2Cl)cs1. The highest BCUT2D eigenvalue weighted by molar-refractivity contribution is 7.14. The minimum Gasteiger partial charge on any atom is -0.319 e. The van der Waals surface area contributed by atoms with E-state index in [4.69, 9.17) is 11.6 Å². The molecule has 0 aliphatic rings. The number of nitro groups is 1. The van der Waals surface area contributed by atoms with Crippen LogP contribution >= 0.6 is 22.9 Å². The van der Waals surface area contributed by atoms with E-state index in [1.807, 2.05) is 30.3 Å². The number of hydrogen-bond donors (Lipinski definition) is 2. The molecule has 0 fully saturated rings. The summed E-state index contributed by atoms with van der Waals surface area (Å²) in [7, 11) is 0. The Morgan fingerprint density at radius 2 is 1.89 bits per heavy atom. The molecule has 1 heterocycles. The normalized spacial score (nSPS) is 10.3. The first kappa shape index (κ1) is 19.5. The lowest BCUT2D eigenvalue weighted by atomic mass is 10.1. The Bertz CT molecular complexity index is 1040. The van der Waals surface area contributed by atoms with Crippen molar-refractivity contribution in [1.82, 2.24) is 4.98 Å². The van der Waals surface area contributed by atoms with Crippen LogP contribution in [0.25, 0.3) is 0 Å². The molecule has 8 nitrogen and oxygen atoms in total. The topological polar surface area (TPSA) is 114 Å². The molecule has 2 N–H and O–H groups in total. The number of anilines is 2. The van der Waals surface area contributed by atoms with E-state index in [0.717, 1.165) is 23.0 Å². The van der Waals surface area contributed by atoms with Crippen molar-refractivity contribution in [1.29, 1.82) is 0 Å². The molecule has 3 aromatic rings. The highest BCUT2D eigenvalue weighted by Crippen LogP contribution is 2.27. The second kappa shape index (κ2) is 8.59. The van der Waals surface area contributed by atoms with Crippen LogP contribution in [0.2, 0.25) is 5.02 Å². The van der Waals surface area contributed by atoms with E-state index in [1.54, 1.807) is 0 Å².